The highest BCUT2D eigenvalue weighted by molar-refractivity contribution is 5.74. The Kier molecular flexibility index (Phi) is 5.17. The summed E-state index contributed by atoms with van der Waals surface area (Å²) in [5, 5.41) is 12.4. The molecule has 1 aromatic rings. The van der Waals surface area contributed by atoms with Gasteiger partial charge in [-0.25, -0.2) is 9.78 Å². The molecule has 20 heavy (non-hydrogen) atoms. The number of hydrogen-bond donors (Lipinski definition) is 2. The predicted octanol–water partition coefficient (Wildman–Crippen LogP) is 1.15. The van der Waals surface area contributed by atoms with Crippen LogP contribution in [0.4, 0.5) is 4.79 Å². The van der Waals surface area contributed by atoms with Gasteiger partial charge in [0.1, 0.15) is 0 Å². The maximum atomic E-state index is 12.0. The normalized spacial score (nSPS) is 18.7. The number of urea groups is 1. The minimum atomic E-state index is -0.410. The standard InChI is InChI=1S/C14H21N3O3/c1-2-20-13-11(5-3-7-15-13)9-16-14(19)17-8-4-6-12(18)10-17/h3,5,7,12,18H,2,4,6,8-10H2,1H3,(H,16,19). The molecule has 0 bridgehead atoms. The smallest absolute Gasteiger partial charge is 0.317 e. The van der Waals surface area contributed by atoms with Crippen LogP contribution in [-0.4, -0.2) is 46.8 Å². The summed E-state index contributed by atoms with van der Waals surface area (Å²) < 4.78 is 5.42. The number of carbonyl (C=O) groups is 1. The molecule has 1 saturated heterocycles. The van der Waals surface area contributed by atoms with E-state index in [4.69, 9.17) is 4.74 Å². The van der Waals surface area contributed by atoms with Crippen molar-refractivity contribution in [3.05, 3.63) is 23.9 Å². The number of piperidine rings is 1. The number of nitrogens with one attached hydrogen (secondary N) is 1. The highest BCUT2D eigenvalue weighted by atomic mass is 16.5. The van der Waals surface area contributed by atoms with Gasteiger partial charge in [-0.15, -0.1) is 0 Å². The Hall–Kier alpha value is -1.82. The molecule has 0 aliphatic carbocycles. The zero-order chi connectivity index (χ0) is 14.4. The van der Waals surface area contributed by atoms with Gasteiger partial charge >= 0.3 is 6.03 Å². The second-order valence-corrected chi connectivity index (χ2v) is 4.80. The molecule has 0 aromatic carbocycles. The lowest BCUT2D eigenvalue weighted by atomic mass is 10.1. The fourth-order valence-corrected chi connectivity index (χ4v) is 2.25. The van der Waals surface area contributed by atoms with E-state index in [1.165, 1.54) is 0 Å². The van der Waals surface area contributed by atoms with Crippen molar-refractivity contribution in [2.75, 3.05) is 19.7 Å². The maximum Gasteiger partial charge on any atom is 0.317 e. The van der Waals surface area contributed by atoms with Gasteiger partial charge in [0.15, 0.2) is 0 Å². The molecular formula is C14H21N3O3. The van der Waals surface area contributed by atoms with E-state index in [1.54, 1.807) is 11.1 Å². The number of amides is 2. The number of ether oxygens (including phenoxy) is 1. The van der Waals surface area contributed by atoms with Gasteiger partial charge < -0.3 is 20.1 Å². The third kappa shape index (κ3) is 3.84. The van der Waals surface area contributed by atoms with Crippen molar-refractivity contribution >= 4 is 6.03 Å². The van der Waals surface area contributed by atoms with Crippen LogP contribution in [-0.2, 0) is 6.54 Å². The second-order valence-electron chi connectivity index (χ2n) is 4.80. The lowest BCUT2D eigenvalue weighted by Gasteiger charge is -2.30. The van der Waals surface area contributed by atoms with Gasteiger partial charge in [0.25, 0.3) is 0 Å². The lowest BCUT2D eigenvalue weighted by Crippen LogP contribution is -2.46. The van der Waals surface area contributed by atoms with Crippen LogP contribution in [0.15, 0.2) is 18.3 Å². The Bertz CT molecular complexity index is 453. The Morgan fingerprint density at radius 3 is 3.25 bits per heavy atom. The van der Waals surface area contributed by atoms with Crippen molar-refractivity contribution in [3.63, 3.8) is 0 Å². The first-order valence-electron chi connectivity index (χ1n) is 6.98. The number of pyridine rings is 1. The van der Waals surface area contributed by atoms with Crippen LogP contribution in [0, 0.1) is 0 Å². The molecule has 6 nitrogen and oxygen atoms in total. The predicted molar refractivity (Wildman–Crippen MR) is 74.5 cm³/mol. The average molecular weight is 279 g/mol. The van der Waals surface area contributed by atoms with Crippen molar-refractivity contribution in [3.8, 4) is 5.88 Å². The Balaban J connectivity index is 1.89. The van der Waals surface area contributed by atoms with Crippen molar-refractivity contribution < 1.29 is 14.6 Å². The fraction of sp³-hybridized carbons (Fsp3) is 0.571. The molecule has 0 radical (unpaired) electrons. The number of aliphatic hydroxyl groups is 1. The van der Waals surface area contributed by atoms with E-state index in [0.29, 0.717) is 32.1 Å². The van der Waals surface area contributed by atoms with Gasteiger partial charge in [-0.3, -0.25) is 0 Å². The summed E-state index contributed by atoms with van der Waals surface area (Å²) in [4.78, 5) is 17.8. The minimum absolute atomic E-state index is 0.157. The lowest BCUT2D eigenvalue weighted by molar-refractivity contribution is 0.0841. The van der Waals surface area contributed by atoms with E-state index in [-0.39, 0.29) is 6.03 Å². The van der Waals surface area contributed by atoms with Crippen LogP contribution in [0.1, 0.15) is 25.3 Å². The van der Waals surface area contributed by atoms with Gasteiger partial charge in [0.05, 0.1) is 12.7 Å². The topological polar surface area (TPSA) is 74.7 Å². The summed E-state index contributed by atoms with van der Waals surface area (Å²) in [6, 6.07) is 3.54. The van der Waals surface area contributed by atoms with E-state index < -0.39 is 6.10 Å². The molecule has 6 heteroatoms. The zero-order valence-corrected chi connectivity index (χ0v) is 11.7. The van der Waals surface area contributed by atoms with Crippen LogP contribution in [0.25, 0.3) is 0 Å². The fourth-order valence-electron chi connectivity index (χ4n) is 2.25. The summed E-state index contributed by atoms with van der Waals surface area (Å²) >= 11 is 0. The van der Waals surface area contributed by atoms with Gasteiger partial charge in [0, 0.05) is 31.4 Å². The molecule has 1 unspecified atom stereocenters. The van der Waals surface area contributed by atoms with Crippen molar-refractivity contribution in [2.24, 2.45) is 0 Å². The third-order valence-electron chi connectivity index (χ3n) is 3.24. The molecule has 2 N–H and O–H groups in total. The number of β-amino-alcohol motifs (C(OH)–C–C–N with tert-alkyl or cyclic N) is 1. The summed E-state index contributed by atoms with van der Waals surface area (Å²) in [5.41, 5.74) is 0.847. The second kappa shape index (κ2) is 7.09. The first-order chi connectivity index (χ1) is 9.70. The number of nitrogens with zero attached hydrogens (tertiary/aromatic N) is 2. The van der Waals surface area contributed by atoms with Gasteiger partial charge in [0.2, 0.25) is 5.88 Å². The van der Waals surface area contributed by atoms with Crippen LogP contribution in [0.3, 0.4) is 0 Å². The molecule has 2 rings (SSSR count). The summed E-state index contributed by atoms with van der Waals surface area (Å²) in [5.74, 6) is 0.550. The van der Waals surface area contributed by atoms with E-state index in [1.807, 2.05) is 19.1 Å². The molecule has 0 spiro atoms. The molecule has 1 aromatic heterocycles. The van der Waals surface area contributed by atoms with Crippen molar-refractivity contribution in [1.82, 2.24) is 15.2 Å². The Labute approximate surface area is 118 Å². The molecule has 0 saturated carbocycles. The first kappa shape index (κ1) is 14.6. The summed E-state index contributed by atoms with van der Waals surface area (Å²) in [7, 11) is 0. The molecule has 1 fully saturated rings. The van der Waals surface area contributed by atoms with Gasteiger partial charge in [-0.05, 0) is 25.8 Å². The van der Waals surface area contributed by atoms with Gasteiger partial charge in [-0.1, -0.05) is 6.07 Å². The Morgan fingerprint density at radius 2 is 2.50 bits per heavy atom. The number of aliphatic hydroxyl groups excluding tert-OH is 1. The number of hydrogen-bond acceptors (Lipinski definition) is 4. The van der Waals surface area contributed by atoms with Crippen molar-refractivity contribution in [2.45, 2.75) is 32.4 Å². The Morgan fingerprint density at radius 1 is 1.65 bits per heavy atom. The minimum Gasteiger partial charge on any atom is -0.478 e. The van der Waals surface area contributed by atoms with Crippen LogP contribution >= 0.6 is 0 Å². The number of rotatable bonds is 4. The van der Waals surface area contributed by atoms with E-state index in [0.717, 1.165) is 18.4 Å². The summed E-state index contributed by atoms with van der Waals surface area (Å²) in [6.45, 7) is 3.89. The highest BCUT2D eigenvalue weighted by Gasteiger charge is 2.21. The molecule has 1 atom stereocenters. The molecule has 1 aliphatic rings. The van der Waals surface area contributed by atoms with E-state index >= 15 is 0 Å². The van der Waals surface area contributed by atoms with Crippen molar-refractivity contribution in [1.29, 1.82) is 0 Å². The average Bonchev–Trinajstić information content (AvgIpc) is 2.46. The maximum absolute atomic E-state index is 12.0. The SMILES string of the molecule is CCOc1ncccc1CNC(=O)N1CCCC(O)C1. The number of carbonyl (C=O) groups excluding carboxylic acids is 1. The zero-order valence-electron chi connectivity index (χ0n) is 11.7. The van der Waals surface area contributed by atoms with Crippen LogP contribution in [0.2, 0.25) is 0 Å². The molecule has 110 valence electrons. The van der Waals surface area contributed by atoms with E-state index in [2.05, 4.69) is 10.3 Å². The molecular weight excluding hydrogens is 258 g/mol. The molecule has 2 heterocycles. The monoisotopic (exact) mass is 279 g/mol. The van der Waals surface area contributed by atoms with Gasteiger partial charge in [-0.2, -0.15) is 0 Å². The number of aromatic nitrogens is 1. The van der Waals surface area contributed by atoms with Crippen LogP contribution < -0.4 is 10.1 Å². The third-order valence-corrected chi connectivity index (χ3v) is 3.24. The molecule has 2 amide bonds. The van der Waals surface area contributed by atoms with Crippen LogP contribution in [0.5, 0.6) is 5.88 Å². The quantitative estimate of drug-likeness (QED) is 0.867. The summed E-state index contributed by atoms with van der Waals surface area (Å²) in [6.07, 6.45) is 2.86. The number of likely N-dealkylation sites (tertiary alicyclic amines) is 1. The first-order valence-corrected chi connectivity index (χ1v) is 6.98. The highest BCUT2D eigenvalue weighted by Crippen LogP contribution is 2.14. The largest absolute Gasteiger partial charge is 0.478 e. The van der Waals surface area contributed by atoms with E-state index in [9.17, 15) is 9.90 Å². The molecule has 1 aliphatic heterocycles.